The van der Waals surface area contributed by atoms with Crippen molar-refractivity contribution in [3.63, 3.8) is 0 Å². The Labute approximate surface area is 115 Å². The Morgan fingerprint density at radius 3 is 2.25 bits per heavy atom. The Morgan fingerprint density at radius 1 is 1.10 bits per heavy atom. The van der Waals surface area contributed by atoms with Crippen LogP contribution >= 0.6 is 0 Å². The highest BCUT2D eigenvalue weighted by Crippen LogP contribution is 2.17. The SMILES string of the molecule is NC(=O)N(c1ncccn1)S(=O)(=O)Oc1ccccc1. The van der Waals surface area contributed by atoms with Crippen molar-refractivity contribution >= 4 is 22.3 Å². The van der Waals surface area contributed by atoms with Crippen LogP contribution in [0.25, 0.3) is 0 Å². The minimum atomic E-state index is -4.49. The van der Waals surface area contributed by atoms with Crippen LogP contribution in [0.2, 0.25) is 0 Å². The topological polar surface area (TPSA) is 115 Å². The minimum Gasteiger partial charge on any atom is -0.366 e. The van der Waals surface area contributed by atoms with E-state index in [4.69, 9.17) is 9.92 Å². The zero-order chi connectivity index (χ0) is 14.6. The van der Waals surface area contributed by atoms with E-state index < -0.39 is 22.3 Å². The molecule has 0 atom stereocenters. The molecule has 2 amide bonds. The molecule has 2 N–H and O–H groups in total. The largest absolute Gasteiger partial charge is 0.420 e. The van der Waals surface area contributed by atoms with Gasteiger partial charge in [0.05, 0.1) is 0 Å². The number of carbonyl (C=O) groups excluding carboxylic acids is 1. The summed E-state index contributed by atoms with van der Waals surface area (Å²) in [7, 11) is -4.49. The highest BCUT2D eigenvalue weighted by atomic mass is 32.2. The summed E-state index contributed by atoms with van der Waals surface area (Å²) < 4.78 is 29.1. The van der Waals surface area contributed by atoms with Gasteiger partial charge in [-0.3, -0.25) is 0 Å². The van der Waals surface area contributed by atoms with E-state index in [0.717, 1.165) is 0 Å². The molecule has 0 saturated heterocycles. The molecule has 0 spiro atoms. The first-order chi connectivity index (χ1) is 9.50. The van der Waals surface area contributed by atoms with Gasteiger partial charge in [0.15, 0.2) is 0 Å². The van der Waals surface area contributed by atoms with Crippen LogP contribution in [0.3, 0.4) is 0 Å². The smallest absolute Gasteiger partial charge is 0.366 e. The third kappa shape index (κ3) is 3.01. The molecule has 1 heterocycles. The van der Waals surface area contributed by atoms with Gasteiger partial charge >= 0.3 is 16.3 Å². The van der Waals surface area contributed by atoms with Crippen molar-refractivity contribution in [2.75, 3.05) is 4.31 Å². The van der Waals surface area contributed by atoms with E-state index >= 15 is 0 Å². The molecule has 1 aromatic carbocycles. The quantitative estimate of drug-likeness (QED) is 0.886. The van der Waals surface area contributed by atoms with Gasteiger partial charge in [0, 0.05) is 12.4 Å². The van der Waals surface area contributed by atoms with E-state index in [0.29, 0.717) is 0 Å². The number of anilines is 1. The highest BCUT2D eigenvalue weighted by molar-refractivity contribution is 7.89. The summed E-state index contributed by atoms with van der Waals surface area (Å²) >= 11 is 0. The van der Waals surface area contributed by atoms with Crippen LogP contribution in [0, 0.1) is 0 Å². The van der Waals surface area contributed by atoms with Crippen LogP contribution in [0.4, 0.5) is 10.7 Å². The number of amides is 2. The number of nitrogens with two attached hydrogens (primary N) is 1. The first-order valence-corrected chi connectivity index (χ1v) is 6.73. The fourth-order valence-corrected chi connectivity index (χ4v) is 2.28. The second kappa shape index (κ2) is 5.53. The number of nitrogens with zero attached hydrogens (tertiary/aromatic N) is 3. The average Bonchev–Trinajstić information content (AvgIpc) is 2.39. The predicted molar refractivity (Wildman–Crippen MR) is 70.1 cm³/mol. The van der Waals surface area contributed by atoms with Crippen molar-refractivity contribution in [3.8, 4) is 5.75 Å². The summed E-state index contributed by atoms with van der Waals surface area (Å²) in [5, 5.41) is 0. The van der Waals surface area contributed by atoms with E-state index in [1.165, 1.54) is 30.6 Å². The normalized spacial score (nSPS) is 10.8. The molecule has 0 unspecified atom stereocenters. The van der Waals surface area contributed by atoms with E-state index in [2.05, 4.69) is 9.97 Å². The molecule has 2 aromatic rings. The molecule has 0 aliphatic rings. The molecular weight excluding hydrogens is 284 g/mol. The Kier molecular flexibility index (Phi) is 3.80. The van der Waals surface area contributed by atoms with E-state index in [1.807, 2.05) is 0 Å². The van der Waals surface area contributed by atoms with Crippen LogP contribution in [0.1, 0.15) is 0 Å². The lowest BCUT2D eigenvalue weighted by Gasteiger charge is -2.17. The monoisotopic (exact) mass is 294 g/mol. The second-order valence-electron chi connectivity index (χ2n) is 3.51. The van der Waals surface area contributed by atoms with Gasteiger partial charge in [-0.05, 0) is 18.2 Å². The summed E-state index contributed by atoms with van der Waals surface area (Å²) in [6.45, 7) is 0. The van der Waals surface area contributed by atoms with Gasteiger partial charge in [0.2, 0.25) is 0 Å². The molecule has 0 aliphatic carbocycles. The molecule has 0 saturated carbocycles. The third-order valence-corrected chi connectivity index (χ3v) is 3.30. The van der Waals surface area contributed by atoms with Gasteiger partial charge in [-0.15, -0.1) is 4.31 Å². The lowest BCUT2D eigenvalue weighted by Crippen LogP contribution is -2.44. The van der Waals surface area contributed by atoms with Gasteiger partial charge in [-0.1, -0.05) is 18.2 Å². The van der Waals surface area contributed by atoms with Crippen LogP contribution in [-0.4, -0.2) is 24.4 Å². The van der Waals surface area contributed by atoms with Crippen molar-refractivity contribution in [1.82, 2.24) is 9.97 Å². The number of aromatic nitrogens is 2. The first kappa shape index (κ1) is 13.7. The summed E-state index contributed by atoms with van der Waals surface area (Å²) in [6, 6.07) is 7.88. The number of rotatable bonds is 4. The predicted octanol–water partition coefficient (Wildman–Crippen LogP) is 0.685. The van der Waals surface area contributed by atoms with Gasteiger partial charge in [-0.25, -0.2) is 14.8 Å². The number of primary amides is 1. The van der Waals surface area contributed by atoms with Crippen LogP contribution in [0.5, 0.6) is 5.75 Å². The highest BCUT2D eigenvalue weighted by Gasteiger charge is 2.32. The molecule has 2 rings (SSSR count). The maximum Gasteiger partial charge on any atom is 0.420 e. The number of hydrogen-bond acceptors (Lipinski definition) is 6. The Balaban J connectivity index is 2.37. The summed E-state index contributed by atoms with van der Waals surface area (Å²) in [4.78, 5) is 18.7. The van der Waals surface area contributed by atoms with Crippen molar-refractivity contribution < 1.29 is 17.4 Å². The zero-order valence-electron chi connectivity index (χ0n) is 10.1. The summed E-state index contributed by atoms with van der Waals surface area (Å²) in [5.41, 5.74) is 5.06. The Bertz CT molecular complexity index is 691. The maximum absolute atomic E-state index is 12.1. The van der Waals surface area contributed by atoms with Crippen LogP contribution < -0.4 is 14.2 Å². The Hall–Kier alpha value is -2.68. The van der Waals surface area contributed by atoms with Gasteiger partial charge in [0.1, 0.15) is 5.75 Å². The Morgan fingerprint density at radius 2 is 1.70 bits per heavy atom. The van der Waals surface area contributed by atoms with Crippen molar-refractivity contribution in [2.45, 2.75) is 0 Å². The van der Waals surface area contributed by atoms with E-state index in [9.17, 15) is 13.2 Å². The average molecular weight is 294 g/mol. The fraction of sp³-hybridized carbons (Fsp3) is 0. The molecule has 104 valence electrons. The number of hydrogen-bond donors (Lipinski definition) is 1. The van der Waals surface area contributed by atoms with Gasteiger partial charge < -0.3 is 9.92 Å². The van der Waals surface area contributed by atoms with E-state index in [-0.39, 0.29) is 10.1 Å². The molecule has 0 radical (unpaired) electrons. The van der Waals surface area contributed by atoms with Crippen LogP contribution in [0.15, 0.2) is 48.8 Å². The lowest BCUT2D eigenvalue weighted by molar-refractivity contribution is 0.256. The van der Waals surface area contributed by atoms with E-state index in [1.54, 1.807) is 18.2 Å². The zero-order valence-corrected chi connectivity index (χ0v) is 10.9. The molecule has 0 fully saturated rings. The van der Waals surface area contributed by atoms with Crippen molar-refractivity contribution in [1.29, 1.82) is 0 Å². The lowest BCUT2D eigenvalue weighted by atomic mass is 10.3. The second-order valence-corrected chi connectivity index (χ2v) is 4.89. The molecule has 0 aliphatic heterocycles. The summed E-state index contributed by atoms with van der Waals surface area (Å²) in [5.74, 6) is -0.356. The maximum atomic E-state index is 12.1. The minimum absolute atomic E-state index is 0.0367. The molecule has 9 heteroatoms. The fourth-order valence-electron chi connectivity index (χ4n) is 1.34. The first-order valence-electron chi connectivity index (χ1n) is 5.37. The number of carbonyl (C=O) groups is 1. The molecule has 0 bridgehead atoms. The molecule has 1 aromatic heterocycles. The number of urea groups is 1. The van der Waals surface area contributed by atoms with Crippen molar-refractivity contribution in [3.05, 3.63) is 48.8 Å². The van der Waals surface area contributed by atoms with Gasteiger partial charge in [0.25, 0.3) is 5.95 Å². The summed E-state index contributed by atoms with van der Waals surface area (Å²) in [6.07, 6.45) is 2.55. The molecule has 20 heavy (non-hydrogen) atoms. The van der Waals surface area contributed by atoms with Gasteiger partial charge in [-0.2, -0.15) is 8.42 Å². The number of benzene rings is 1. The van der Waals surface area contributed by atoms with Crippen LogP contribution in [-0.2, 0) is 10.3 Å². The third-order valence-electron chi connectivity index (χ3n) is 2.10. The standard InChI is InChI=1S/C11H10N4O4S/c12-10(16)15(11-13-7-4-8-14-11)20(17,18)19-9-5-2-1-3-6-9/h1-8H,(H2,12,16). The number of para-hydroxylation sites is 1. The molecular formula is C11H10N4O4S. The van der Waals surface area contributed by atoms with Crippen molar-refractivity contribution in [2.24, 2.45) is 5.73 Å². The molecule has 8 nitrogen and oxygen atoms in total.